The molecule has 0 unspecified atom stereocenters. The van der Waals surface area contributed by atoms with E-state index in [-0.39, 0.29) is 6.54 Å². The molecular weight excluding hydrogens is 434 g/mol. The van der Waals surface area contributed by atoms with Crippen LogP contribution in [0, 0.1) is 11.8 Å². The Labute approximate surface area is 189 Å². The van der Waals surface area contributed by atoms with Crippen LogP contribution < -0.4 is 15.4 Å². The van der Waals surface area contributed by atoms with E-state index in [9.17, 15) is 19.5 Å². The Morgan fingerprint density at radius 2 is 1.88 bits per heavy atom. The molecule has 2 fully saturated rings. The monoisotopic (exact) mass is 455 g/mol. The maximum absolute atomic E-state index is 13.6. The van der Waals surface area contributed by atoms with E-state index in [1.54, 1.807) is 56.5 Å². The van der Waals surface area contributed by atoms with Crippen molar-refractivity contribution in [1.82, 2.24) is 10.2 Å². The number of nitrogens with one attached hydrogen (secondary N) is 2. The average Bonchev–Trinajstić information content (AvgIpc) is 3.36. The van der Waals surface area contributed by atoms with Gasteiger partial charge in [0.05, 0.1) is 31.6 Å². The smallest absolute Gasteiger partial charge is 0.250 e. The maximum Gasteiger partial charge on any atom is 0.250 e. The molecule has 0 aromatic heterocycles. The van der Waals surface area contributed by atoms with Crippen molar-refractivity contribution in [2.24, 2.45) is 11.8 Å². The molecule has 3 aliphatic heterocycles. The predicted molar refractivity (Wildman–Crippen MR) is 116 cm³/mol. The van der Waals surface area contributed by atoms with E-state index in [1.165, 1.54) is 4.90 Å². The number of aliphatic hydroxyl groups excluding tert-OH is 1. The first-order chi connectivity index (χ1) is 15.3. The number of benzene rings is 2. The molecule has 0 aliphatic carbocycles. The first-order valence-corrected chi connectivity index (χ1v) is 10.7. The standard InChI is InChI=1S/C23H22ClN3O5/c1-11(28)19-17-18(23(26-19)15-9-13(24)5-8-16(15)25-22(23)31)21(30)27(20(17)29)10-12-3-6-14(32-2)7-4-12/h3-9,11,17-19,26,28H,10H2,1-2H3,(H,25,31)/t11-,17-,18-,19+,23-/m0/s1. The number of amides is 3. The number of halogens is 1. The van der Waals surface area contributed by atoms with E-state index in [1.807, 2.05) is 0 Å². The van der Waals surface area contributed by atoms with Gasteiger partial charge >= 0.3 is 0 Å². The average molecular weight is 456 g/mol. The van der Waals surface area contributed by atoms with Crippen molar-refractivity contribution in [2.75, 3.05) is 12.4 Å². The largest absolute Gasteiger partial charge is 0.497 e. The van der Waals surface area contributed by atoms with Crippen LogP contribution >= 0.6 is 11.6 Å². The van der Waals surface area contributed by atoms with Crippen molar-refractivity contribution < 1.29 is 24.2 Å². The fourth-order valence-electron chi connectivity index (χ4n) is 5.25. The third-order valence-corrected chi connectivity index (χ3v) is 6.96. The van der Waals surface area contributed by atoms with E-state index in [0.717, 1.165) is 5.56 Å². The molecule has 0 saturated carbocycles. The third kappa shape index (κ3) is 2.80. The van der Waals surface area contributed by atoms with Gasteiger partial charge < -0.3 is 15.2 Å². The number of aliphatic hydroxyl groups is 1. The summed E-state index contributed by atoms with van der Waals surface area (Å²) in [6, 6.07) is 11.3. The molecular formula is C23H22ClN3O5. The molecule has 1 spiro atoms. The normalized spacial score (nSPS) is 29.3. The molecule has 0 bridgehead atoms. The SMILES string of the molecule is COc1ccc(CN2C(=O)[C@@H]3[C@@H]([C@H](C)O)N[C@]4(C(=O)Nc5ccc(Cl)cc54)[C@@H]3C2=O)cc1. The number of rotatable bonds is 4. The van der Waals surface area contributed by atoms with E-state index >= 15 is 0 Å². The number of anilines is 1. The van der Waals surface area contributed by atoms with Crippen molar-refractivity contribution in [2.45, 2.75) is 31.2 Å². The Hall–Kier alpha value is -2.94. The van der Waals surface area contributed by atoms with E-state index in [4.69, 9.17) is 16.3 Å². The van der Waals surface area contributed by atoms with Crippen LogP contribution in [0.1, 0.15) is 18.1 Å². The number of likely N-dealkylation sites (tertiary alicyclic amines) is 1. The molecule has 32 heavy (non-hydrogen) atoms. The molecule has 166 valence electrons. The van der Waals surface area contributed by atoms with Gasteiger partial charge in [-0.3, -0.25) is 24.6 Å². The highest BCUT2D eigenvalue weighted by atomic mass is 35.5. The number of methoxy groups -OCH3 is 1. The van der Waals surface area contributed by atoms with Crippen LogP contribution in [0.15, 0.2) is 42.5 Å². The van der Waals surface area contributed by atoms with Gasteiger partial charge in [0.15, 0.2) is 0 Å². The van der Waals surface area contributed by atoms with Gasteiger partial charge in [0.2, 0.25) is 17.7 Å². The zero-order valence-electron chi connectivity index (χ0n) is 17.5. The topological polar surface area (TPSA) is 108 Å². The van der Waals surface area contributed by atoms with Gasteiger partial charge in [0, 0.05) is 22.3 Å². The summed E-state index contributed by atoms with van der Waals surface area (Å²) >= 11 is 6.21. The zero-order chi connectivity index (χ0) is 22.8. The fourth-order valence-corrected chi connectivity index (χ4v) is 5.42. The summed E-state index contributed by atoms with van der Waals surface area (Å²) in [6.07, 6.45) is -0.962. The Kier molecular flexibility index (Phi) is 4.77. The number of nitrogens with zero attached hydrogens (tertiary/aromatic N) is 1. The van der Waals surface area contributed by atoms with Crippen LogP contribution in [0.3, 0.4) is 0 Å². The number of fused-ring (bicyclic) bond motifs is 4. The van der Waals surface area contributed by atoms with Crippen LogP contribution in [0.4, 0.5) is 5.69 Å². The summed E-state index contributed by atoms with van der Waals surface area (Å²) < 4.78 is 5.16. The Morgan fingerprint density at radius 1 is 1.16 bits per heavy atom. The molecule has 3 heterocycles. The van der Waals surface area contributed by atoms with Gasteiger partial charge in [-0.2, -0.15) is 0 Å². The minimum Gasteiger partial charge on any atom is -0.497 e. The van der Waals surface area contributed by atoms with E-state index in [0.29, 0.717) is 22.0 Å². The first-order valence-electron chi connectivity index (χ1n) is 10.3. The second kappa shape index (κ2) is 7.30. The van der Waals surface area contributed by atoms with E-state index in [2.05, 4.69) is 10.6 Å². The quantitative estimate of drug-likeness (QED) is 0.605. The predicted octanol–water partition coefficient (Wildman–Crippen LogP) is 1.65. The number of hydrogen-bond donors (Lipinski definition) is 3. The zero-order valence-corrected chi connectivity index (χ0v) is 18.2. The molecule has 2 aromatic rings. The maximum atomic E-state index is 13.6. The highest BCUT2D eigenvalue weighted by Gasteiger charge is 2.71. The van der Waals surface area contributed by atoms with Crippen molar-refractivity contribution >= 4 is 35.0 Å². The summed E-state index contributed by atoms with van der Waals surface area (Å²) in [4.78, 5) is 41.5. The molecule has 3 amide bonds. The lowest BCUT2D eigenvalue weighted by Crippen LogP contribution is -2.54. The van der Waals surface area contributed by atoms with Crippen molar-refractivity contribution in [3.8, 4) is 5.75 Å². The van der Waals surface area contributed by atoms with Crippen molar-refractivity contribution in [3.05, 3.63) is 58.6 Å². The third-order valence-electron chi connectivity index (χ3n) is 6.72. The second-order valence-corrected chi connectivity index (χ2v) is 8.91. The lowest BCUT2D eigenvalue weighted by Gasteiger charge is -2.30. The molecule has 8 nitrogen and oxygen atoms in total. The summed E-state index contributed by atoms with van der Waals surface area (Å²) in [5.74, 6) is -2.49. The van der Waals surface area contributed by atoms with Gasteiger partial charge in [-0.05, 0) is 42.8 Å². The lowest BCUT2D eigenvalue weighted by atomic mass is 9.76. The Morgan fingerprint density at radius 3 is 2.53 bits per heavy atom. The minimum atomic E-state index is -1.48. The Bertz CT molecular complexity index is 1130. The van der Waals surface area contributed by atoms with Crippen LogP contribution in [0.5, 0.6) is 5.75 Å². The summed E-state index contributed by atoms with van der Waals surface area (Å²) in [7, 11) is 1.56. The molecule has 5 atom stereocenters. The molecule has 9 heteroatoms. The number of ether oxygens (including phenoxy) is 1. The van der Waals surface area contributed by atoms with Gasteiger partial charge in [-0.15, -0.1) is 0 Å². The summed E-state index contributed by atoms with van der Waals surface area (Å²) in [5, 5.41) is 16.8. The van der Waals surface area contributed by atoms with E-state index < -0.39 is 47.2 Å². The van der Waals surface area contributed by atoms with Crippen LogP contribution in [0.25, 0.3) is 0 Å². The van der Waals surface area contributed by atoms with Crippen LogP contribution in [-0.2, 0) is 26.5 Å². The van der Waals surface area contributed by atoms with Crippen LogP contribution in [-0.4, -0.2) is 47.0 Å². The first kappa shape index (κ1) is 20.9. The number of imide groups is 1. The number of carbonyl (C=O) groups excluding carboxylic acids is 3. The number of hydrogen-bond acceptors (Lipinski definition) is 6. The highest BCUT2D eigenvalue weighted by molar-refractivity contribution is 6.31. The second-order valence-electron chi connectivity index (χ2n) is 8.48. The molecule has 3 N–H and O–H groups in total. The Balaban J connectivity index is 1.58. The highest BCUT2D eigenvalue weighted by Crippen LogP contribution is 2.53. The van der Waals surface area contributed by atoms with Crippen molar-refractivity contribution in [1.29, 1.82) is 0 Å². The molecule has 2 aromatic carbocycles. The lowest BCUT2D eigenvalue weighted by molar-refractivity contribution is -0.143. The van der Waals surface area contributed by atoms with Crippen LogP contribution in [0.2, 0.25) is 5.02 Å². The molecule has 3 aliphatic rings. The van der Waals surface area contributed by atoms with Gasteiger partial charge in [-0.25, -0.2) is 0 Å². The van der Waals surface area contributed by atoms with Crippen molar-refractivity contribution in [3.63, 3.8) is 0 Å². The fraction of sp³-hybridized carbons (Fsp3) is 0.348. The molecule has 5 rings (SSSR count). The van der Waals surface area contributed by atoms with Gasteiger partial charge in [-0.1, -0.05) is 23.7 Å². The molecule has 2 saturated heterocycles. The molecule has 0 radical (unpaired) electrons. The summed E-state index contributed by atoms with van der Waals surface area (Å²) in [6.45, 7) is 1.62. The number of carbonyl (C=O) groups is 3. The van der Waals surface area contributed by atoms with Gasteiger partial charge in [0.1, 0.15) is 11.3 Å². The summed E-state index contributed by atoms with van der Waals surface area (Å²) in [5.41, 5.74) is 0.322. The minimum absolute atomic E-state index is 0.0707. The van der Waals surface area contributed by atoms with Gasteiger partial charge in [0.25, 0.3) is 0 Å².